The third kappa shape index (κ3) is 4.97. The van der Waals surface area contributed by atoms with Gasteiger partial charge in [0, 0.05) is 10.9 Å². The molecule has 0 aliphatic heterocycles. The number of halogens is 1. The molecule has 1 fully saturated rings. The first-order chi connectivity index (χ1) is 12.2. The van der Waals surface area contributed by atoms with Crippen LogP contribution < -0.4 is 14.9 Å². The quantitative estimate of drug-likeness (QED) is 0.605. The molecule has 0 saturated heterocycles. The number of carbonyl (C=O) groups excluding carboxylic acids is 1. The molecule has 0 aromatic heterocycles. The van der Waals surface area contributed by atoms with Gasteiger partial charge < -0.3 is 9.47 Å². The molecule has 0 spiro atoms. The van der Waals surface area contributed by atoms with Crippen molar-refractivity contribution in [1.82, 2.24) is 5.43 Å². The molecule has 0 atom stereocenters. The Kier molecular flexibility index (Phi) is 5.56. The van der Waals surface area contributed by atoms with Gasteiger partial charge in [0.15, 0.2) is 11.5 Å². The fraction of sp³-hybridized carbons (Fsp3) is 0.263. The summed E-state index contributed by atoms with van der Waals surface area (Å²) in [5.41, 5.74) is 4.37. The van der Waals surface area contributed by atoms with Crippen molar-refractivity contribution >= 4 is 23.7 Å². The van der Waals surface area contributed by atoms with Gasteiger partial charge >= 0.3 is 0 Å². The number of carbonyl (C=O) groups is 1. The molecule has 1 N–H and O–H groups in total. The van der Waals surface area contributed by atoms with Gasteiger partial charge in [0.1, 0.15) is 6.61 Å². The molecule has 0 radical (unpaired) electrons. The van der Waals surface area contributed by atoms with Crippen LogP contribution in [-0.4, -0.2) is 19.2 Å². The summed E-state index contributed by atoms with van der Waals surface area (Å²) in [6, 6.07) is 13.0. The van der Waals surface area contributed by atoms with Gasteiger partial charge in [-0.05, 0) is 54.3 Å². The number of rotatable bonds is 7. The number of nitrogens with one attached hydrogen (secondary N) is 1. The van der Waals surface area contributed by atoms with Gasteiger partial charge in [-0.3, -0.25) is 4.79 Å². The lowest BCUT2D eigenvalue weighted by Crippen LogP contribution is -2.18. The zero-order valence-corrected chi connectivity index (χ0v) is 14.6. The van der Waals surface area contributed by atoms with Crippen LogP contribution >= 0.6 is 11.6 Å². The van der Waals surface area contributed by atoms with Gasteiger partial charge in [-0.1, -0.05) is 23.7 Å². The van der Waals surface area contributed by atoms with E-state index in [0.29, 0.717) is 23.1 Å². The number of hydrogen-bond donors (Lipinski definition) is 1. The van der Waals surface area contributed by atoms with E-state index in [0.717, 1.165) is 24.0 Å². The van der Waals surface area contributed by atoms with Crippen LogP contribution in [0.25, 0.3) is 0 Å². The second-order valence-corrected chi connectivity index (χ2v) is 6.27. The Labute approximate surface area is 151 Å². The molecule has 2 aromatic rings. The van der Waals surface area contributed by atoms with Crippen LogP contribution in [0, 0.1) is 5.92 Å². The second-order valence-electron chi connectivity index (χ2n) is 5.83. The predicted octanol–water partition coefficient (Wildman–Crippen LogP) is 3.79. The van der Waals surface area contributed by atoms with Gasteiger partial charge in [0.25, 0.3) is 0 Å². The van der Waals surface area contributed by atoms with E-state index in [9.17, 15) is 4.79 Å². The highest BCUT2D eigenvalue weighted by Crippen LogP contribution is 2.29. The number of methoxy groups -OCH3 is 1. The Balaban J connectivity index is 1.61. The zero-order valence-electron chi connectivity index (χ0n) is 13.9. The first-order valence-corrected chi connectivity index (χ1v) is 8.41. The number of hydrogen-bond acceptors (Lipinski definition) is 4. The van der Waals surface area contributed by atoms with Gasteiger partial charge in [-0.15, -0.1) is 0 Å². The monoisotopic (exact) mass is 358 g/mol. The van der Waals surface area contributed by atoms with E-state index < -0.39 is 0 Å². The van der Waals surface area contributed by atoms with Crippen molar-refractivity contribution in [1.29, 1.82) is 0 Å². The Morgan fingerprint density at radius 1 is 1.24 bits per heavy atom. The van der Waals surface area contributed by atoms with E-state index >= 15 is 0 Å². The number of amides is 1. The summed E-state index contributed by atoms with van der Waals surface area (Å²) in [5, 5.41) is 4.67. The van der Waals surface area contributed by atoms with Gasteiger partial charge in [-0.25, -0.2) is 5.43 Å². The molecule has 0 unspecified atom stereocenters. The van der Waals surface area contributed by atoms with E-state index in [2.05, 4.69) is 10.5 Å². The maximum absolute atomic E-state index is 11.5. The standard InChI is InChI=1S/C19H19ClN2O3/c1-24-18-10-14(11-21-22-19(23)15-5-6-15)4-9-17(18)25-12-13-2-7-16(20)8-3-13/h2-4,7-11,15H,5-6,12H2,1H3,(H,22,23)/b21-11-. The molecule has 0 bridgehead atoms. The van der Waals surface area contributed by atoms with Gasteiger partial charge in [0.2, 0.25) is 5.91 Å². The average Bonchev–Trinajstić information content (AvgIpc) is 3.47. The van der Waals surface area contributed by atoms with Crippen LogP contribution in [0.4, 0.5) is 0 Å². The van der Waals surface area contributed by atoms with Crippen molar-refractivity contribution in [2.45, 2.75) is 19.4 Å². The fourth-order valence-corrected chi connectivity index (χ4v) is 2.36. The Hall–Kier alpha value is -2.53. The smallest absolute Gasteiger partial charge is 0.243 e. The molecule has 3 rings (SSSR count). The van der Waals surface area contributed by atoms with Crippen molar-refractivity contribution in [3.8, 4) is 11.5 Å². The van der Waals surface area contributed by atoms with Crippen LogP contribution in [0.1, 0.15) is 24.0 Å². The topological polar surface area (TPSA) is 59.9 Å². The first kappa shape index (κ1) is 17.3. The highest BCUT2D eigenvalue weighted by atomic mass is 35.5. The first-order valence-electron chi connectivity index (χ1n) is 8.04. The summed E-state index contributed by atoms with van der Waals surface area (Å²) >= 11 is 5.88. The number of nitrogens with zero attached hydrogens (tertiary/aromatic N) is 1. The van der Waals surface area contributed by atoms with E-state index in [1.165, 1.54) is 0 Å². The molecule has 1 aliphatic rings. The molecule has 6 heteroatoms. The molecule has 2 aromatic carbocycles. The van der Waals surface area contributed by atoms with E-state index in [1.54, 1.807) is 13.3 Å². The molecule has 1 amide bonds. The van der Waals surface area contributed by atoms with Crippen molar-refractivity contribution in [3.63, 3.8) is 0 Å². The second kappa shape index (κ2) is 8.03. The number of ether oxygens (including phenoxy) is 2. The van der Waals surface area contributed by atoms with Crippen molar-refractivity contribution in [3.05, 3.63) is 58.6 Å². The zero-order chi connectivity index (χ0) is 17.6. The predicted molar refractivity (Wildman–Crippen MR) is 97.2 cm³/mol. The molecular formula is C19H19ClN2O3. The molecule has 5 nitrogen and oxygen atoms in total. The van der Waals surface area contributed by atoms with Gasteiger partial charge in [0.05, 0.1) is 13.3 Å². The molecular weight excluding hydrogens is 340 g/mol. The van der Waals surface area contributed by atoms with E-state index in [4.69, 9.17) is 21.1 Å². The summed E-state index contributed by atoms with van der Waals surface area (Å²) in [6.45, 7) is 0.415. The van der Waals surface area contributed by atoms with Crippen LogP contribution in [0.2, 0.25) is 5.02 Å². The minimum Gasteiger partial charge on any atom is -0.493 e. The highest BCUT2D eigenvalue weighted by molar-refractivity contribution is 6.30. The third-order valence-electron chi connectivity index (χ3n) is 3.83. The molecule has 0 heterocycles. The summed E-state index contributed by atoms with van der Waals surface area (Å²) in [5.74, 6) is 1.35. The van der Waals surface area contributed by atoms with Crippen LogP contribution in [-0.2, 0) is 11.4 Å². The van der Waals surface area contributed by atoms with Crippen LogP contribution in [0.5, 0.6) is 11.5 Å². The fourth-order valence-electron chi connectivity index (χ4n) is 2.23. The number of benzene rings is 2. The largest absolute Gasteiger partial charge is 0.493 e. The lowest BCUT2D eigenvalue weighted by atomic mass is 10.2. The Morgan fingerprint density at radius 2 is 2.00 bits per heavy atom. The average molecular weight is 359 g/mol. The summed E-state index contributed by atoms with van der Waals surface area (Å²) in [4.78, 5) is 11.5. The lowest BCUT2D eigenvalue weighted by Gasteiger charge is -2.11. The summed E-state index contributed by atoms with van der Waals surface area (Å²) < 4.78 is 11.2. The van der Waals surface area contributed by atoms with E-state index in [1.807, 2.05) is 42.5 Å². The summed E-state index contributed by atoms with van der Waals surface area (Å²) in [7, 11) is 1.58. The van der Waals surface area contributed by atoms with Crippen molar-refractivity contribution in [2.24, 2.45) is 11.0 Å². The number of hydrazone groups is 1. The van der Waals surface area contributed by atoms with Gasteiger partial charge in [-0.2, -0.15) is 5.10 Å². The lowest BCUT2D eigenvalue weighted by molar-refractivity contribution is -0.122. The summed E-state index contributed by atoms with van der Waals surface area (Å²) in [6.07, 6.45) is 3.50. The van der Waals surface area contributed by atoms with Crippen molar-refractivity contribution in [2.75, 3.05) is 7.11 Å². The molecule has 130 valence electrons. The van der Waals surface area contributed by atoms with Crippen molar-refractivity contribution < 1.29 is 14.3 Å². The maximum Gasteiger partial charge on any atom is 0.243 e. The normalized spacial score (nSPS) is 13.7. The molecule has 25 heavy (non-hydrogen) atoms. The molecule has 1 aliphatic carbocycles. The Morgan fingerprint density at radius 3 is 2.68 bits per heavy atom. The van der Waals surface area contributed by atoms with E-state index in [-0.39, 0.29) is 11.8 Å². The Bertz CT molecular complexity index is 771. The highest BCUT2D eigenvalue weighted by Gasteiger charge is 2.29. The maximum atomic E-state index is 11.5. The molecule has 1 saturated carbocycles. The van der Waals surface area contributed by atoms with Crippen LogP contribution in [0.15, 0.2) is 47.6 Å². The third-order valence-corrected chi connectivity index (χ3v) is 4.08. The SMILES string of the molecule is COc1cc(/C=N\NC(=O)C2CC2)ccc1OCc1ccc(Cl)cc1. The minimum atomic E-state index is -0.0221. The minimum absolute atomic E-state index is 0.0221. The van der Waals surface area contributed by atoms with Crippen LogP contribution in [0.3, 0.4) is 0 Å².